The highest BCUT2D eigenvalue weighted by Gasteiger charge is 2.30. The van der Waals surface area contributed by atoms with Gasteiger partial charge in [0.25, 0.3) is 0 Å². The van der Waals surface area contributed by atoms with E-state index in [0.29, 0.717) is 5.78 Å². The fourth-order valence-corrected chi connectivity index (χ4v) is 3.47. The summed E-state index contributed by atoms with van der Waals surface area (Å²) < 4.78 is 0. The first-order valence-corrected chi connectivity index (χ1v) is 8.07. The first-order chi connectivity index (χ1) is 9.43. The molecule has 1 aromatic carbocycles. The Hall–Kier alpha value is -1.11. The molecule has 2 rings (SSSR count). The molecule has 20 heavy (non-hydrogen) atoms. The molecule has 0 aliphatic heterocycles. The van der Waals surface area contributed by atoms with E-state index in [2.05, 4.69) is 33.8 Å². The molecule has 110 valence electrons. The third-order valence-electron chi connectivity index (χ3n) is 4.73. The van der Waals surface area contributed by atoms with Crippen molar-refractivity contribution in [2.24, 2.45) is 11.8 Å². The van der Waals surface area contributed by atoms with E-state index in [1.165, 1.54) is 24.8 Å². The minimum Gasteiger partial charge on any atom is -0.294 e. The third kappa shape index (κ3) is 3.31. The van der Waals surface area contributed by atoms with Gasteiger partial charge in [-0.1, -0.05) is 71.2 Å². The van der Waals surface area contributed by atoms with E-state index in [1.807, 2.05) is 18.2 Å². The highest BCUT2D eigenvalue weighted by molar-refractivity contribution is 5.99. The van der Waals surface area contributed by atoms with E-state index in [9.17, 15) is 4.79 Å². The standard InChI is InChI=1S/C19H28O/c1-5-14-9-8-10-15(13-14)18(20)16-11-6-7-12-17(16)19(2,3)4/h6-7,11-12,14-15H,5,8-10,13H2,1-4H3. The molecule has 0 N–H and O–H groups in total. The zero-order chi connectivity index (χ0) is 14.8. The van der Waals surface area contributed by atoms with Gasteiger partial charge in [0.1, 0.15) is 0 Å². The maximum atomic E-state index is 12.9. The average Bonchev–Trinajstić information content (AvgIpc) is 2.45. The minimum atomic E-state index is 0.0328. The molecular weight excluding hydrogens is 244 g/mol. The van der Waals surface area contributed by atoms with Crippen LogP contribution in [0.3, 0.4) is 0 Å². The van der Waals surface area contributed by atoms with Crippen LogP contribution in [0.2, 0.25) is 0 Å². The quantitative estimate of drug-likeness (QED) is 0.675. The molecule has 2 unspecified atom stereocenters. The van der Waals surface area contributed by atoms with Gasteiger partial charge < -0.3 is 0 Å². The molecule has 0 radical (unpaired) electrons. The van der Waals surface area contributed by atoms with Crippen molar-refractivity contribution in [2.45, 2.75) is 65.2 Å². The van der Waals surface area contributed by atoms with Crippen molar-refractivity contribution in [3.63, 3.8) is 0 Å². The Labute approximate surface area is 123 Å². The molecule has 1 heteroatoms. The molecule has 1 aliphatic rings. The van der Waals surface area contributed by atoms with Crippen LogP contribution < -0.4 is 0 Å². The molecule has 0 spiro atoms. The van der Waals surface area contributed by atoms with Gasteiger partial charge in [0.2, 0.25) is 0 Å². The second-order valence-corrected chi connectivity index (χ2v) is 7.30. The van der Waals surface area contributed by atoms with Gasteiger partial charge in [-0.2, -0.15) is 0 Å². The van der Waals surface area contributed by atoms with Gasteiger partial charge in [0.15, 0.2) is 5.78 Å². The zero-order valence-corrected chi connectivity index (χ0v) is 13.4. The minimum absolute atomic E-state index is 0.0328. The van der Waals surface area contributed by atoms with Crippen LogP contribution in [-0.2, 0) is 5.41 Å². The lowest BCUT2D eigenvalue weighted by molar-refractivity contribution is 0.0859. The second kappa shape index (κ2) is 6.11. The van der Waals surface area contributed by atoms with E-state index in [-0.39, 0.29) is 11.3 Å². The van der Waals surface area contributed by atoms with Gasteiger partial charge in [-0.05, 0) is 29.7 Å². The zero-order valence-electron chi connectivity index (χ0n) is 13.4. The number of ketones is 1. The molecule has 1 fully saturated rings. The number of hydrogen-bond acceptors (Lipinski definition) is 1. The van der Waals surface area contributed by atoms with Crippen LogP contribution in [0.5, 0.6) is 0 Å². The number of Topliss-reactive ketones (excluding diaryl/α,β-unsaturated/α-hetero) is 1. The summed E-state index contributed by atoms with van der Waals surface area (Å²) in [5.41, 5.74) is 2.19. The Balaban J connectivity index is 2.25. The van der Waals surface area contributed by atoms with Gasteiger partial charge in [-0.3, -0.25) is 4.79 Å². The van der Waals surface area contributed by atoms with Gasteiger partial charge in [-0.15, -0.1) is 0 Å². The van der Waals surface area contributed by atoms with Gasteiger partial charge >= 0.3 is 0 Å². The molecule has 0 heterocycles. The molecule has 1 saturated carbocycles. The smallest absolute Gasteiger partial charge is 0.166 e. The summed E-state index contributed by atoms with van der Waals surface area (Å²) in [5.74, 6) is 1.38. The van der Waals surface area contributed by atoms with Crippen molar-refractivity contribution >= 4 is 5.78 Å². The second-order valence-electron chi connectivity index (χ2n) is 7.30. The Bertz CT molecular complexity index is 467. The largest absolute Gasteiger partial charge is 0.294 e. The fraction of sp³-hybridized carbons (Fsp3) is 0.632. The van der Waals surface area contributed by atoms with Crippen molar-refractivity contribution in [2.75, 3.05) is 0 Å². The lowest BCUT2D eigenvalue weighted by atomic mass is 9.74. The Morgan fingerprint density at radius 3 is 2.55 bits per heavy atom. The average molecular weight is 272 g/mol. The van der Waals surface area contributed by atoms with Crippen molar-refractivity contribution in [3.8, 4) is 0 Å². The first kappa shape index (κ1) is 15.3. The molecule has 2 atom stereocenters. The number of benzene rings is 1. The summed E-state index contributed by atoms with van der Waals surface area (Å²) in [4.78, 5) is 12.9. The highest BCUT2D eigenvalue weighted by Crippen LogP contribution is 2.35. The molecular formula is C19H28O. The van der Waals surface area contributed by atoms with Gasteiger partial charge in [0, 0.05) is 11.5 Å². The van der Waals surface area contributed by atoms with Crippen LogP contribution >= 0.6 is 0 Å². The molecule has 0 amide bonds. The van der Waals surface area contributed by atoms with E-state index in [4.69, 9.17) is 0 Å². The maximum Gasteiger partial charge on any atom is 0.166 e. The molecule has 1 nitrogen and oxygen atoms in total. The molecule has 1 aromatic rings. The van der Waals surface area contributed by atoms with Gasteiger partial charge in [0.05, 0.1) is 0 Å². The van der Waals surface area contributed by atoms with Crippen molar-refractivity contribution in [3.05, 3.63) is 35.4 Å². The summed E-state index contributed by atoms with van der Waals surface area (Å²) in [5, 5.41) is 0. The Morgan fingerprint density at radius 2 is 1.90 bits per heavy atom. The van der Waals surface area contributed by atoms with Crippen LogP contribution in [0, 0.1) is 11.8 Å². The first-order valence-electron chi connectivity index (χ1n) is 8.07. The summed E-state index contributed by atoms with van der Waals surface area (Å²) >= 11 is 0. The van der Waals surface area contributed by atoms with Crippen LogP contribution in [0.4, 0.5) is 0 Å². The van der Waals surface area contributed by atoms with Crippen LogP contribution in [0.25, 0.3) is 0 Å². The highest BCUT2D eigenvalue weighted by atomic mass is 16.1. The summed E-state index contributed by atoms with van der Waals surface area (Å²) in [6.07, 6.45) is 5.90. The topological polar surface area (TPSA) is 17.1 Å². The monoisotopic (exact) mass is 272 g/mol. The summed E-state index contributed by atoms with van der Waals surface area (Å²) in [6.45, 7) is 8.82. The van der Waals surface area contributed by atoms with E-state index >= 15 is 0 Å². The lowest BCUT2D eigenvalue weighted by Crippen LogP contribution is -2.25. The SMILES string of the molecule is CCC1CCCC(C(=O)c2ccccc2C(C)(C)C)C1. The van der Waals surface area contributed by atoms with Crippen LogP contribution in [-0.4, -0.2) is 5.78 Å². The molecule has 1 aliphatic carbocycles. The Morgan fingerprint density at radius 1 is 1.20 bits per heavy atom. The van der Waals surface area contributed by atoms with E-state index < -0.39 is 0 Å². The third-order valence-corrected chi connectivity index (χ3v) is 4.73. The molecule has 0 aromatic heterocycles. The predicted molar refractivity (Wildman–Crippen MR) is 85.2 cm³/mol. The molecule has 0 bridgehead atoms. The number of rotatable bonds is 3. The van der Waals surface area contributed by atoms with Crippen LogP contribution in [0.15, 0.2) is 24.3 Å². The van der Waals surface area contributed by atoms with Crippen molar-refractivity contribution in [1.29, 1.82) is 0 Å². The number of carbonyl (C=O) groups is 1. The summed E-state index contributed by atoms with van der Waals surface area (Å²) in [6, 6.07) is 8.20. The van der Waals surface area contributed by atoms with Gasteiger partial charge in [-0.25, -0.2) is 0 Å². The maximum absolute atomic E-state index is 12.9. The normalized spacial score (nSPS) is 23.6. The molecule has 0 saturated heterocycles. The van der Waals surface area contributed by atoms with Crippen molar-refractivity contribution < 1.29 is 4.79 Å². The number of hydrogen-bond donors (Lipinski definition) is 0. The van der Waals surface area contributed by atoms with Crippen molar-refractivity contribution in [1.82, 2.24) is 0 Å². The Kier molecular flexibility index (Phi) is 4.67. The number of carbonyl (C=O) groups excluding carboxylic acids is 1. The fourth-order valence-electron chi connectivity index (χ4n) is 3.47. The van der Waals surface area contributed by atoms with E-state index in [1.54, 1.807) is 0 Å². The van der Waals surface area contributed by atoms with E-state index in [0.717, 1.165) is 24.3 Å². The van der Waals surface area contributed by atoms with Crippen LogP contribution in [0.1, 0.15) is 75.7 Å². The summed E-state index contributed by atoms with van der Waals surface area (Å²) in [7, 11) is 0. The predicted octanol–water partition coefficient (Wildman–Crippen LogP) is 5.38. The lowest BCUT2D eigenvalue weighted by Gasteiger charge is -2.29.